The van der Waals surface area contributed by atoms with E-state index in [-0.39, 0.29) is 5.91 Å². The van der Waals surface area contributed by atoms with Crippen LogP contribution in [0.4, 0.5) is 11.4 Å². The fraction of sp³-hybridized carbons (Fsp3) is 0.429. The van der Waals surface area contributed by atoms with Crippen molar-refractivity contribution in [1.82, 2.24) is 0 Å². The Hall–Kier alpha value is -2.04. The van der Waals surface area contributed by atoms with Crippen LogP contribution in [-0.2, 0) is 9.59 Å². The number of carboxylic acids is 1. The highest BCUT2D eigenvalue weighted by molar-refractivity contribution is 5.95. The fourth-order valence-corrected chi connectivity index (χ4v) is 2.22. The van der Waals surface area contributed by atoms with Gasteiger partial charge in [0.25, 0.3) is 0 Å². The first kappa shape index (κ1) is 13.4. The van der Waals surface area contributed by atoms with Crippen molar-refractivity contribution in [2.45, 2.75) is 32.2 Å². The van der Waals surface area contributed by atoms with Crippen LogP contribution in [0.1, 0.15) is 26.2 Å². The molecule has 102 valence electrons. The number of rotatable bonds is 5. The molecule has 1 saturated heterocycles. The highest BCUT2D eigenvalue weighted by Gasteiger charge is 2.22. The molecular formula is C14H18N2O3. The van der Waals surface area contributed by atoms with Gasteiger partial charge in [-0.05, 0) is 31.0 Å². The van der Waals surface area contributed by atoms with Gasteiger partial charge in [-0.1, -0.05) is 13.0 Å². The van der Waals surface area contributed by atoms with Gasteiger partial charge in [0, 0.05) is 24.3 Å². The zero-order valence-corrected chi connectivity index (χ0v) is 10.9. The Balaban J connectivity index is 2.15. The van der Waals surface area contributed by atoms with E-state index in [1.807, 2.05) is 31.2 Å². The second kappa shape index (κ2) is 5.73. The summed E-state index contributed by atoms with van der Waals surface area (Å²) >= 11 is 0. The Labute approximate surface area is 112 Å². The van der Waals surface area contributed by atoms with Crippen LogP contribution in [0, 0.1) is 0 Å². The zero-order chi connectivity index (χ0) is 13.8. The SMILES string of the molecule is CCC(Nc1cccc(N2CCCC2=O)c1)C(=O)O. The Bertz CT molecular complexity index is 487. The Morgan fingerprint density at radius 3 is 2.89 bits per heavy atom. The van der Waals surface area contributed by atoms with Crippen LogP contribution in [0.5, 0.6) is 0 Å². The molecule has 1 fully saturated rings. The average Bonchev–Trinajstić information content (AvgIpc) is 2.82. The maximum Gasteiger partial charge on any atom is 0.326 e. The maximum absolute atomic E-state index is 11.7. The smallest absolute Gasteiger partial charge is 0.326 e. The molecule has 1 amide bonds. The van der Waals surface area contributed by atoms with Crippen molar-refractivity contribution in [3.05, 3.63) is 24.3 Å². The second-order valence-corrected chi connectivity index (χ2v) is 4.64. The Morgan fingerprint density at radius 1 is 1.53 bits per heavy atom. The summed E-state index contributed by atoms with van der Waals surface area (Å²) in [5.74, 6) is -0.743. The highest BCUT2D eigenvalue weighted by Crippen LogP contribution is 2.24. The third-order valence-electron chi connectivity index (χ3n) is 3.28. The van der Waals surface area contributed by atoms with Gasteiger partial charge in [0.15, 0.2) is 0 Å². The number of benzene rings is 1. The molecule has 1 heterocycles. The van der Waals surface area contributed by atoms with Crippen molar-refractivity contribution < 1.29 is 14.7 Å². The van der Waals surface area contributed by atoms with Crippen LogP contribution in [-0.4, -0.2) is 29.6 Å². The van der Waals surface area contributed by atoms with Crippen LogP contribution in [0.2, 0.25) is 0 Å². The highest BCUT2D eigenvalue weighted by atomic mass is 16.4. The van der Waals surface area contributed by atoms with Gasteiger partial charge in [0.1, 0.15) is 6.04 Å². The number of carbonyl (C=O) groups excluding carboxylic acids is 1. The van der Waals surface area contributed by atoms with Crippen molar-refractivity contribution in [2.24, 2.45) is 0 Å². The lowest BCUT2D eigenvalue weighted by Crippen LogP contribution is -2.28. The second-order valence-electron chi connectivity index (χ2n) is 4.64. The summed E-state index contributed by atoms with van der Waals surface area (Å²) in [6.45, 7) is 2.55. The number of carboxylic acid groups (broad SMARTS) is 1. The van der Waals surface area contributed by atoms with Gasteiger partial charge in [-0.15, -0.1) is 0 Å². The van der Waals surface area contributed by atoms with Crippen molar-refractivity contribution in [1.29, 1.82) is 0 Å². The van der Waals surface area contributed by atoms with E-state index in [1.54, 1.807) is 4.90 Å². The maximum atomic E-state index is 11.7. The third-order valence-corrected chi connectivity index (χ3v) is 3.28. The van der Waals surface area contributed by atoms with Crippen molar-refractivity contribution in [2.75, 3.05) is 16.8 Å². The van der Waals surface area contributed by atoms with Gasteiger partial charge in [-0.2, -0.15) is 0 Å². The molecule has 0 aromatic heterocycles. The minimum absolute atomic E-state index is 0.127. The molecule has 0 bridgehead atoms. The van der Waals surface area contributed by atoms with Gasteiger partial charge < -0.3 is 15.3 Å². The van der Waals surface area contributed by atoms with Crippen molar-refractivity contribution in [3.63, 3.8) is 0 Å². The van der Waals surface area contributed by atoms with Crippen molar-refractivity contribution >= 4 is 23.3 Å². The molecule has 1 unspecified atom stereocenters. The summed E-state index contributed by atoms with van der Waals surface area (Å²) in [7, 11) is 0. The molecule has 1 aromatic rings. The molecule has 1 aliphatic heterocycles. The molecule has 0 radical (unpaired) electrons. The van der Waals surface area contributed by atoms with E-state index in [9.17, 15) is 9.59 Å². The standard InChI is InChI=1S/C14H18N2O3/c1-2-12(14(18)19)15-10-5-3-6-11(9-10)16-8-4-7-13(16)17/h3,5-6,9,12,15H,2,4,7-8H2,1H3,(H,18,19). The summed E-state index contributed by atoms with van der Waals surface area (Å²) in [5.41, 5.74) is 1.55. The largest absolute Gasteiger partial charge is 0.480 e. The molecular weight excluding hydrogens is 244 g/mol. The molecule has 1 aliphatic rings. The molecule has 1 aromatic carbocycles. The van der Waals surface area contributed by atoms with Crippen molar-refractivity contribution in [3.8, 4) is 0 Å². The average molecular weight is 262 g/mol. The summed E-state index contributed by atoms with van der Waals surface area (Å²) in [6, 6.07) is 6.74. The van der Waals surface area contributed by atoms with Crippen LogP contribution in [0.3, 0.4) is 0 Å². The van der Waals surface area contributed by atoms with Crippen LogP contribution >= 0.6 is 0 Å². The predicted molar refractivity (Wildman–Crippen MR) is 73.4 cm³/mol. The summed E-state index contributed by atoms with van der Waals surface area (Å²) in [6.07, 6.45) is 1.97. The fourth-order valence-electron chi connectivity index (χ4n) is 2.22. The normalized spacial score (nSPS) is 16.5. The van der Waals surface area contributed by atoms with E-state index in [1.165, 1.54) is 0 Å². The molecule has 2 rings (SSSR count). The molecule has 0 saturated carbocycles. The predicted octanol–water partition coefficient (Wildman–Crippen LogP) is 2.09. The number of carbonyl (C=O) groups is 2. The monoisotopic (exact) mass is 262 g/mol. The summed E-state index contributed by atoms with van der Waals surface area (Å²) < 4.78 is 0. The number of hydrogen-bond acceptors (Lipinski definition) is 3. The lowest BCUT2D eigenvalue weighted by Gasteiger charge is -2.18. The van der Waals surface area contributed by atoms with E-state index in [0.29, 0.717) is 12.8 Å². The quantitative estimate of drug-likeness (QED) is 0.852. The van der Waals surface area contributed by atoms with E-state index in [4.69, 9.17) is 5.11 Å². The number of aliphatic carboxylic acids is 1. The molecule has 0 aliphatic carbocycles. The molecule has 2 N–H and O–H groups in total. The van der Waals surface area contributed by atoms with Crippen LogP contribution < -0.4 is 10.2 Å². The molecule has 0 spiro atoms. The minimum atomic E-state index is -0.870. The van der Waals surface area contributed by atoms with E-state index in [2.05, 4.69) is 5.32 Å². The van der Waals surface area contributed by atoms with Crippen LogP contribution in [0.15, 0.2) is 24.3 Å². The lowest BCUT2D eigenvalue weighted by molar-refractivity contribution is -0.138. The van der Waals surface area contributed by atoms with Gasteiger partial charge >= 0.3 is 5.97 Å². The number of hydrogen-bond donors (Lipinski definition) is 2. The molecule has 1 atom stereocenters. The van der Waals surface area contributed by atoms with Gasteiger partial charge in [0.05, 0.1) is 0 Å². The molecule has 19 heavy (non-hydrogen) atoms. The van der Waals surface area contributed by atoms with Gasteiger partial charge in [0.2, 0.25) is 5.91 Å². The van der Waals surface area contributed by atoms with Crippen LogP contribution in [0.25, 0.3) is 0 Å². The number of anilines is 2. The topological polar surface area (TPSA) is 69.6 Å². The lowest BCUT2D eigenvalue weighted by atomic mass is 10.2. The van der Waals surface area contributed by atoms with E-state index >= 15 is 0 Å². The van der Waals surface area contributed by atoms with E-state index < -0.39 is 12.0 Å². The number of nitrogens with one attached hydrogen (secondary N) is 1. The third kappa shape index (κ3) is 3.05. The summed E-state index contributed by atoms with van der Waals surface area (Å²) in [4.78, 5) is 24.4. The zero-order valence-electron chi connectivity index (χ0n) is 10.9. The Kier molecular flexibility index (Phi) is 4.04. The minimum Gasteiger partial charge on any atom is -0.480 e. The first-order valence-electron chi connectivity index (χ1n) is 6.51. The van der Waals surface area contributed by atoms with Gasteiger partial charge in [-0.25, -0.2) is 4.79 Å². The first-order valence-corrected chi connectivity index (χ1v) is 6.51. The first-order chi connectivity index (χ1) is 9.11. The molecule has 5 heteroatoms. The van der Waals surface area contributed by atoms with Gasteiger partial charge in [-0.3, -0.25) is 4.79 Å². The summed E-state index contributed by atoms with van der Waals surface area (Å²) in [5, 5.41) is 12.0. The molecule has 5 nitrogen and oxygen atoms in total. The number of amides is 1. The number of nitrogens with zero attached hydrogens (tertiary/aromatic N) is 1. The van der Waals surface area contributed by atoms with E-state index in [0.717, 1.165) is 24.3 Å². The Morgan fingerprint density at radius 2 is 2.32 bits per heavy atom.